The summed E-state index contributed by atoms with van der Waals surface area (Å²) in [5, 5.41) is 8.93. The van der Waals surface area contributed by atoms with Crippen LogP contribution in [0.1, 0.15) is 19.5 Å². The van der Waals surface area contributed by atoms with Crippen LogP contribution in [0.5, 0.6) is 0 Å². The first-order valence-electron chi connectivity index (χ1n) is 6.62. The standard InChI is InChI=1S/C15H17BrN2O3/c1-10(2)18(8-14(19)20)7-13-9-21-15(17-13)11-3-5-12(16)6-4-11/h3-6,9-10H,7-8H2,1-2H3,(H,19,20). The van der Waals surface area contributed by atoms with Crippen molar-refractivity contribution in [1.82, 2.24) is 9.88 Å². The summed E-state index contributed by atoms with van der Waals surface area (Å²) in [6, 6.07) is 7.79. The summed E-state index contributed by atoms with van der Waals surface area (Å²) >= 11 is 3.38. The van der Waals surface area contributed by atoms with Crippen molar-refractivity contribution in [3.05, 3.63) is 40.7 Å². The van der Waals surface area contributed by atoms with Crippen LogP contribution in [-0.4, -0.2) is 33.5 Å². The molecule has 0 aliphatic heterocycles. The maximum Gasteiger partial charge on any atom is 0.317 e. The van der Waals surface area contributed by atoms with Crippen molar-refractivity contribution in [2.75, 3.05) is 6.54 Å². The highest BCUT2D eigenvalue weighted by atomic mass is 79.9. The topological polar surface area (TPSA) is 66.6 Å². The number of benzene rings is 1. The first-order chi connectivity index (χ1) is 9.95. The van der Waals surface area contributed by atoms with Crippen LogP contribution in [0.4, 0.5) is 0 Å². The Morgan fingerprint density at radius 3 is 2.62 bits per heavy atom. The van der Waals surface area contributed by atoms with Gasteiger partial charge in [0.2, 0.25) is 5.89 Å². The molecule has 1 aromatic carbocycles. The Bertz CT molecular complexity index is 608. The Hall–Kier alpha value is -1.66. The smallest absolute Gasteiger partial charge is 0.317 e. The summed E-state index contributed by atoms with van der Waals surface area (Å²) in [4.78, 5) is 17.1. The second kappa shape index (κ2) is 6.87. The lowest BCUT2D eigenvalue weighted by molar-refractivity contribution is -0.139. The Morgan fingerprint density at radius 2 is 2.05 bits per heavy atom. The highest BCUT2D eigenvalue weighted by Crippen LogP contribution is 2.21. The zero-order valence-corrected chi connectivity index (χ0v) is 13.5. The van der Waals surface area contributed by atoms with Crippen molar-refractivity contribution in [3.63, 3.8) is 0 Å². The minimum atomic E-state index is -0.847. The van der Waals surface area contributed by atoms with E-state index in [1.807, 2.05) is 43.0 Å². The second-order valence-electron chi connectivity index (χ2n) is 5.04. The molecule has 0 unspecified atom stereocenters. The molecule has 0 spiro atoms. The van der Waals surface area contributed by atoms with E-state index in [-0.39, 0.29) is 12.6 Å². The molecule has 0 aliphatic rings. The van der Waals surface area contributed by atoms with E-state index in [2.05, 4.69) is 20.9 Å². The van der Waals surface area contributed by atoms with Gasteiger partial charge in [0.25, 0.3) is 0 Å². The van der Waals surface area contributed by atoms with Crippen LogP contribution in [0.15, 0.2) is 39.4 Å². The van der Waals surface area contributed by atoms with E-state index in [1.165, 1.54) is 0 Å². The predicted octanol–water partition coefficient (Wildman–Crippen LogP) is 3.40. The van der Waals surface area contributed by atoms with Crippen LogP contribution in [0.2, 0.25) is 0 Å². The van der Waals surface area contributed by atoms with E-state index in [0.29, 0.717) is 12.4 Å². The van der Waals surface area contributed by atoms with Gasteiger partial charge in [-0.2, -0.15) is 0 Å². The average Bonchev–Trinajstić information content (AvgIpc) is 2.87. The van der Waals surface area contributed by atoms with Crippen molar-refractivity contribution >= 4 is 21.9 Å². The monoisotopic (exact) mass is 352 g/mol. The molecule has 0 fully saturated rings. The van der Waals surface area contributed by atoms with Crippen molar-refractivity contribution in [1.29, 1.82) is 0 Å². The number of carboxylic acid groups (broad SMARTS) is 1. The minimum absolute atomic E-state index is 0.0157. The van der Waals surface area contributed by atoms with Gasteiger partial charge in [0.15, 0.2) is 0 Å². The van der Waals surface area contributed by atoms with Gasteiger partial charge in [-0.15, -0.1) is 0 Å². The molecule has 0 aliphatic carbocycles. The quantitative estimate of drug-likeness (QED) is 0.862. The zero-order chi connectivity index (χ0) is 15.4. The van der Waals surface area contributed by atoms with Gasteiger partial charge in [-0.3, -0.25) is 9.69 Å². The number of aliphatic carboxylic acids is 1. The van der Waals surface area contributed by atoms with Gasteiger partial charge in [-0.1, -0.05) is 15.9 Å². The summed E-state index contributed by atoms with van der Waals surface area (Å²) in [5.74, 6) is -0.308. The third-order valence-electron chi connectivity index (χ3n) is 3.08. The van der Waals surface area contributed by atoms with Crippen LogP contribution in [0.25, 0.3) is 11.5 Å². The number of nitrogens with zero attached hydrogens (tertiary/aromatic N) is 2. The van der Waals surface area contributed by atoms with Crippen LogP contribution in [0, 0.1) is 0 Å². The number of carbonyl (C=O) groups is 1. The van der Waals surface area contributed by atoms with E-state index in [1.54, 1.807) is 6.26 Å². The maximum atomic E-state index is 10.9. The Kier molecular flexibility index (Phi) is 5.14. The summed E-state index contributed by atoms with van der Waals surface area (Å²) in [5.41, 5.74) is 1.61. The van der Waals surface area contributed by atoms with E-state index in [9.17, 15) is 4.79 Å². The molecule has 112 valence electrons. The molecule has 2 aromatic rings. The van der Waals surface area contributed by atoms with Gasteiger partial charge < -0.3 is 9.52 Å². The lowest BCUT2D eigenvalue weighted by Crippen LogP contribution is -2.35. The molecule has 0 saturated carbocycles. The third-order valence-corrected chi connectivity index (χ3v) is 3.61. The van der Waals surface area contributed by atoms with Crippen molar-refractivity contribution in [3.8, 4) is 11.5 Å². The zero-order valence-electron chi connectivity index (χ0n) is 11.9. The Labute approximate surface area is 131 Å². The number of aromatic nitrogens is 1. The van der Waals surface area contributed by atoms with Gasteiger partial charge in [-0.25, -0.2) is 4.98 Å². The summed E-state index contributed by atoms with van der Waals surface area (Å²) in [6.07, 6.45) is 1.58. The van der Waals surface area contributed by atoms with Gasteiger partial charge in [-0.05, 0) is 38.1 Å². The van der Waals surface area contributed by atoms with Crippen molar-refractivity contribution in [2.24, 2.45) is 0 Å². The van der Waals surface area contributed by atoms with Gasteiger partial charge in [0, 0.05) is 22.6 Å². The number of rotatable bonds is 6. The van der Waals surface area contributed by atoms with Gasteiger partial charge >= 0.3 is 5.97 Å². The van der Waals surface area contributed by atoms with Crippen LogP contribution < -0.4 is 0 Å². The SMILES string of the molecule is CC(C)N(CC(=O)O)Cc1coc(-c2ccc(Br)cc2)n1. The summed E-state index contributed by atoms with van der Waals surface area (Å²) in [7, 11) is 0. The second-order valence-corrected chi connectivity index (χ2v) is 5.96. The van der Waals surface area contributed by atoms with E-state index < -0.39 is 5.97 Å². The fourth-order valence-electron chi connectivity index (χ4n) is 1.91. The normalized spacial score (nSPS) is 11.3. The Morgan fingerprint density at radius 1 is 1.38 bits per heavy atom. The molecule has 1 heterocycles. The van der Waals surface area contributed by atoms with Crippen LogP contribution >= 0.6 is 15.9 Å². The third kappa shape index (κ3) is 4.41. The highest BCUT2D eigenvalue weighted by molar-refractivity contribution is 9.10. The number of hydrogen-bond donors (Lipinski definition) is 1. The van der Waals surface area contributed by atoms with Gasteiger partial charge in [0.1, 0.15) is 6.26 Å². The largest absolute Gasteiger partial charge is 0.480 e. The molecule has 5 nitrogen and oxygen atoms in total. The summed E-state index contributed by atoms with van der Waals surface area (Å²) in [6.45, 7) is 4.35. The van der Waals surface area contributed by atoms with Crippen molar-refractivity contribution in [2.45, 2.75) is 26.4 Å². The molecule has 1 aromatic heterocycles. The van der Waals surface area contributed by atoms with E-state index in [0.717, 1.165) is 15.7 Å². The fourth-order valence-corrected chi connectivity index (χ4v) is 2.17. The molecule has 2 rings (SSSR count). The Balaban J connectivity index is 2.11. The van der Waals surface area contributed by atoms with Crippen LogP contribution in [-0.2, 0) is 11.3 Å². The number of oxazole rings is 1. The molecule has 0 atom stereocenters. The van der Waals surface area contributed by atoms with Crippen LogP contribution in [0.3, 0.4) is 0 Å². The first-order valence-corrected chi connectivity index (χ1v) is 7.41. The molecular weight excluding hydrogens is 336 g/mol. The van der Waals surface area contributed by atoms with Gasteiger partial charge in [0.05, 0.1) is 12.2 Å². The van der Waals surface area contributed by atoms with E-state index >= 15 is 0 Å². The van der Waals surface area contributed by atoms with Crippen molar-refractivity contribution < 1.29 is 14.3 Å². The molecule has 6 heteroatoms. The molecule has 1 N–H and O–H groups in total. The van der Waals surface area contributed by atoms with E-state index in [4.69, 9.17) is 9.52 Å². The predicted molar refractivity (Wildman–Crippen MR) is 82.8 cm³/mol. The fraction of sp³-hybridized carbons (Fsp3) is 0.333. The molecule has 21 heavy (non-hydrogen) atoms. The number of carboxylic acids is 1. The maximum absolute atomic E-state index is 10.9. The molecular formula is C15H17BrN2O3. The molecule has 0 saturated heterocycles. The molecule has 0 bridgehead atoms. The number of hydrogen-bond acceptors (Lipinski definition) is 4. The average molecular weight is 353 g/mol. The lowest BCUT2D eigenvalue weighted by Gasteiger charge is -2.22. The lowest BCUT2D eigenvalue weighted by atomic mass is 10.2. The molecule has 0 radical (unpaired) electrons. The number of halogens is 1. The molecule has 0 amide bonds. The highest BCUT2D eigenvalue weighted by Gasteiger charge is 2.16. The summed E-state index contributed by atoms with van der Waals surface area (Å²) < 4.78 is 6.47. The first kappa shape index (κ1) is 15.7. The minimum Gasteiger partial charge on any atom is -0.480 e.